The number of amides is 1. The first kappa shape index (κ1) is 18.9. The maximum absolute atomic E-state index is 12.8. The molecule has 29 heavy (non-hydrogen) atoms. The van der Waals surface area contributed by atoms with Crippen LogP contribution in [0.1, 0.15) is 6.42 Å². The molecular weight excluding hydrogens is 392 g/mol. The summed E-state index contributed by atoms with van der Waals surface area (Å²) in [7, 11) is 3.03. The summed E-state index contributed by atoms with van der Waals surface area (Å²) >= 11 is 1.41. The molecule has 0 aliphatic carbocycles. The van der Waals surface area contributed by atoms with Crippen LogP contribution in [-0.2, 0) is 11.3 Å². The van der Waals surface area contributed by atoms with Gasteiger partial charge in [0.05, 0.1) is 41.7 Å². The van der Waals surface area contributed by atoms with E-state index in [2.05, 4.69) is 15.3 Å². The van der Waals surface area contributed by atoms with Gasteiger partial charge in [-0.1, -0.05) is 23.5 Å². The van der Waals surface area contributed by atoms with Crippen molar-refractivity contribution in [3.8, 4) is 11.5 Å². The van der Waals surface area contributed by atoms with E-state index >= 15 is 0 Å². The standard InChI is InChI=1S/C20H18N4O4S/c1-27-15-9-12-14(10-16(15)28-2)21-11-24(19(12)26)8-7-18(25)23-20-22-13-5-3-4-6-17(13)29-20/h3-6,9-11H,7-8H2,1-2H3,(H,22,23,25). The van der Waals surface area contributed by atoms with Crippen molar-refractivity contribution in [2.24, 2.45) is 0 Å². The Hall–Kier alpha value is -3.46. The number of para-hydroxylation sites is 1. The number of aryl methyl sites for hydroxylation is 1. The number of nitrogens with one attached hydrogen (secondary N) is 1. The second kappa shape index (κ2) is 7.88. The zero-order valence-electron chi connectivity index (χ0n) is 15.8. The lowest BCUT2D eigenvalue weighted by molar-refractivity contribution is -0.116. The number of ether oxygens (including phenoxy) is 2. The Balaban J connectivity index is 1.50. The second-order valence-corrected chi connectivity index (χ2v) is 7.28. The minimum atomic E-state index is -0.247. The molecule has 0 aliphatic heterocycles. The largest absolute Gasteiger partial charge is 0.493 e. The van der Waals surface area contributed by atoms with Gasteiger partial charge in [-0.15, -0.1) is 0 Å². The van der Waals surface area contributed by atoms with E-state index < -0.39 is 0 Å². The number of rotatable bonds is 6. The van der Waals surface area contributed by atoms with Crippen LogP contribution in [0.25, 0.3) is 21.1 Å². The van der Waals surface area contributed by atoms with Crippen LogP contribution in [0.15, 0.2) is 47.5 Å². The zero-order valence-corrected chi connectivity index (χ0v) is 16.7. The van der Waals surface area contributed by atoms with Gasteiger partial charge in [0.2, 0.25) is 5.91 Å². The normalized spacial score (nSPS) is 11.0. The van der Waals surface area contributed by atoms with Crippen LogP contribution in [0, 0.1) is 0 Å². The van der Waals surface area contributed by atoms with Crippen LogP contribution in [0.3, 0.4) is 0 Å². The fraction of sp³-hybridized carbons (Fsp3) is 0.200. The topological polar surface area (TPSA) is 95.3 Å². The Morgan fingerprint density at radius 2 is 1.90 bits per heavy atom. The fourth-order valence-corrected chi connectivity index (χ4v) is 3.86. The first-order valence-corrected chi connectivity index (χ1v) is 9.67. The molecule has 4 rings (SSSR count). The zero-order chi connectivity index (χ0) is 20.4. The van der Waals surface area contributed by atoms with Crippen molar-refractivity contribution < 1.29 is 14.3 Å². The minimum Gasteiger partial charge on any atom is -0.493 e. The van der Waals surface area contributed by atoms with E-state index in [9.17, 15) is 9.59 Å². The lowest BCUT2D eigenvalue weighted by atomic mass is 10.2. The van der Waals surface area contributed by atoms with Crippen LogP contribution in [-0.4, -0.2) is 34.7 Å². The molecule has 1 N–H and O–H groups in total. The molecule has 8 nitrogen and oxygen atoms in total. The molecule has 2 heterocycles. The van der Waals surface area contributed by atoms with E-state index in [0.29, 0.717) is 27.5 Å². The average Bonchev–Trinajstić information content (AvgIpc) is 3.14. The number of nitrogens with zero attached hydrogens (tertiary/aromatic N) is 3. The molecule has 0 spiro atoms. The van der Waals surface area contributed by atoms with Crippen LogP contribution < -0.4 is 20.3 Å². The molecular formula is C20H18N4O4S. The molecule has 1 amide bonds. The molecule has 2 aromatic carbocycles. The van der Waals surface area contributed by atoms with Crippen molar-refractivity contribution >= 4 is 43.5 Å². The Morgan fingerprint density at radius 3 is 2.66 bits per heavy atom. The molecule has 0 saturated carbocycles. The SMILES string of the molecule is COc1cc2ncn(CCC(=O)Nc3nc4ccccc4s3)c(=O)c2cc1OC. The highest BCUT2D eigenvalue weighted by Crippen LogP contribution is 2.30. The smallest absolute Gasteiger partial charge is 0.261 e. The van der Waals surface area contributed by atoms with Crippen molar-refractivity contribution in [2.45, 2.75) is 13.0 Å². The Bertz CT molecular complexity index is 1230. The molecule has 0 bridgehead atoms. The number of thiazole rings is 1. The monoisotopic (exact) mass is 410 g/mol. The van der Waals surface area contributed by atoms with Gasteiger partial charge in [0, 0.05) is 19.0 Å². The minimum absolute atomic E-state index is 0.121. The van der Waals surface area contributed by atoms with E-state index in [1.165, 1.54) is 36.5 Å². The van der Waals surface area contributed by atoms with Crippen LogP contribution >= 0.6 is 11.3 Å². The van der Waals surface area contributed by atoms with Crippen molar-refractivity contribution in [1.82, 2.24) is 14.5 Å². The first-order valence-electron chi connectivity index (χ1n) is 8.85. The molecule has 148 valence electrons. The molecule has 0 atom stereocenters. The Kier molecular flexibility index (Phi) is 5.13. The fourth-order valence-electron chi connectivity index (χ4n) is 2.97. The Morgan fingerprint density at radius 1 is 1.14 bits per heavy atom. The predicted molar refractivity (Wildman–Crippen MR) is 112 cm³/mol. The van der Waals surface area contributed by atoms with Crippen molar-refractivity contribution in [3.63, 3.8) is 0 Å². The average molecular weight is 410 g/mol. The third kappa shape index (κ3) is 3.77. The van der Waals surface area contributed by atoms with Gasteiger partial charge in [0.25, 0.3) is 5.56 Å². The summed E-state index contributed by atoms with van der Waals surface area (Å²) in [4.78, 5) is 33.8. The molecule has 4 aromatic rings. The van der Waals surface area contributed by atoms with E-state index in [-0.39, 0.29) is 24.4 Å². The number of carbonyl (C=O) groups is 1. The molecule has 0 aliphatic rings. The first-order chi connectivity index (χ1) is 14.1. The quantitative estimate of drug-likeness (QED) is 0.525. The highest BCUT2D eigenvalue weighted by molar-refractivity contribution is 7.22. The van der Waals surface area contributed by atoms with E-state index in [1.807, 2.05) is 24.3 Å². The van der Waals surface area contributed by atoms with Gasteiger partial charge >= 0.3 is 0 Å². The van der Waals surface area contributed by atoms with Gasteiger partial charge in [-0.05, 0) is 18.2 Å². The molecule has 0 unspecified atom stereocenters. The van der Waals surface area contributed by atoms with E-state index in [0.717, 1.165) is 10.2 Å². The summed E-state index contributed by atoms with van der Waals surface area (Å²) in [5.74, 6) is 0.730. The molecule has 2 aromatic heterocycles. The van der Waals surface area contributed by atoms with Crippen LogP contribution in [0.2, 0.25) is 0 Å². The summed E-state index contributed by atoms with van der Waals surface area (Å²) in [6.07, 6.45) is 1.55. The number of anilines is 1. The van der Waals surface area contributed by atoms with Gasteiger partial charge in [0.1, 0.15) is 0 Å². The molecule has 0 radical (unpaired) electrons. The van der Waals surface area contributed by atoms with Gasteiger partial charge in [-0.2, -0.15) is 0 Å². The highest BCUT2D eigenvalue weighted by atomic mass is 32.1. The predicted octanol–water partition coefficient (Wildman–Crippen LogP) is 3.05. The second-order valence-electron chi connectivity index (χ2n) is 6.25. The third-order valence-corrected chi connectivity index (χ3v) is 5.40. The summed E-state index contributed by atoms with van der Waals surface area (Å²) in [5, 5.41) is 3.73. The number of aromatic nitrogens is 3. The number of methoxy groups -OCH3 is 2. The maximum atomic E-state index is 12.8. The van der Waals surface area contributed by atoms with Crippen molar-refractivity contribution in [1.29, 1.82) is 0 Å². The van der Waals surface area contributed by atoms with Crippen LogP contribution in [0.5, 0.6) is 11.5 Å². The number of hydrogen-bond donors (Lipinski definition) is 1. The van der Waals surface area contributed by atoms with Crippen molar-refractivity contribution in [2.75, 3.05) is 19.5 Å². The van der Waals surface area contributed by atoms with Gasteiger partial charge in [0.15, 0.2) is 16.6 Å². The van der Waals surface area contributed by atoms with Crippen LogP contribution in [0.4, 0.5) is 5.13 Å². The number of hydrogen-bond acceptors (Lipinski definition) is 7. The van der Waals surface area contributed by atoms with E-state index in [1.54, 1.807) is 12.1 Å². The van der Waals surface area contributed by atoms with E-state index in [4.69, 9.17) is 9.47 Å². The lowest BCUT2D eigenvalue weighted by Crippen LogP contribution is -2.23. The molecule has 0 saturated heterocycles. The molecule has 9 heteroatoms. The number of fused-ring (bicyclic) bond motifs is 2. The summed E-state index contributed by atoms with van der Waals surface area (Å²) in [5.41, 5.74) is 1.10. The number of benzene rings is 2. The summed E-state index contributed by atoms with van der Waals surface area (Å²) < 4.78 is 12.9. The summed E-state index contributed by atoms with van der Waals surface area (Å²) in [6, 6.07) is 10.9. The highest BCUT2D eigenvalue weighted by Gasteiger charge is 2.12. The lowest BCUT2D eigenvalue weighted by Gasteiger charge is -2.10. The maximum Gasteiger partial charge on any atom is 0.261 e. The third-order valence-electron chi connectivity index (χ3n) is 4.45. The van der Waals surface area contributed by atoms with Gasteiger partial charge < -0.3 is 14.8 Å². The Labute approximate surface area is 169 Å². The van der Waals surface area contributed by atoms with Crippen molar-refractivity contribution in [3.05, 3.63) is 53.1 Å². The molecule has 0 fully saturated rings. The number of carbonyl (C=O) groups excluding carboxylic acids is 1. The van der Waals surface area contributed by atoms with Gasteiger partial charge in [-0.25, -0.2) is 9.97 Å². The van der Waals surface area contributed by atoms with Gasteiger partial charge in [-0.3, -0.25) is 14.2 Å². The summed E-state index contributed by atoms with van der Waals surface area (Å²) in [6.45, 7) is 0.201.